The first-order valence-corrected chi connectivity index (χ1v) is 6.64. The lowest BCUT2D eigenvalue weighted by Gasteiger charge is -2.15. The molecule has 5 nitrogen and oxygen atoms in total. The van der Waals surface area contributed by atoms with E-state index in [4.69, 9.17) is 0 Å². The Morgan fingerprint density at radius 2 is 1.82 bits per heavy atom. The summed E-state index contributed by atoms with van der Waals surface area (Å²) in [5, 5.41) is 14.1. The van der Waals surface area contributed by atoms with E-state index in [1.807, 2.05) is 0 Å². The van der Waals surface area contributed by atoms with Gasteiger partial charge in [0.2, 0.25) is 0 Å². The van der Waals surface area contributed by atoms with E-state index in [2.05, 4.69) is 10.6 Å². The van der Waals surface area contributed by atoms with Crippen LogP contribution in [0, 0.1) is 5.82 Å². The van der Waals surface area contributed by atoms with Crippen LogP contribution in [0.5, 0.6) is 0 Å². The van der Waals surface area contributed by atoms with E-state index < -0.39 is 23.9 Å². The minimum Gasteiger partial charge on any atom is -0.480 e. The lowest BCUT2D eigenvalue weighted by atomic mass is 10.1. The van der Waals surface area contributed by atoms with Gasteiger partial charge in [0.05, 0.1) is 0 Å². The van der Waals surface area contributed by atoms with Crippen molar-refractivity contribution in [2.45, 2.75) is 12.5 Å². The summed E-state index contributed by atoms with van der Waals surface area (Å²) in [5.74, 6) is -1.64. The highest BCUT2D eigenvalue weighted by Gasteiger charge is 2.20. The number of amides is 2. The molecule has 22 heavy (non-hydrogen) atoms. The van der Waals surface area contributed by atoms with Gasteiger partial charge >= 0.3 is 12.0 Å². The Morgan fingerprint density at radius 3 is 2.45 bits per heavy atom. The van der Waals surface area contributed by atoms with E-state index in [1.165, 1.54) is 18.2 Å². The Balaban J connectivity index is 1.99. The summed E-state index contributed by atoms with van der Waals surface area (Å²) in [6, 6.07) is 12.5. The van der Waals surface area contributed by atoms with Crippen molar-refractivity contribution in [1.82, 2.24) is 5.32 Å². The Labute approximate surface area is 126 Å². The normalized spacial score (nSPS) is 11.5. The summed E-state index contributed by atoms with van der Waals surface area (Å²) in [7, 11) is 0. The van der Waals surface area contributed by atoms with E-state index in [-0.39, 0.29) is 6.42 Å². The maximum atomic E-state index is 13.1. The van der Waals surface area contributed by atoms with Crippen molar-refractivity contribution in [2.24, 2.45) is 0 Å². The molecular formula is C16H15FN2O3. The maximum Gasteiger partial charge on any atom is 0.326 e. The van der Waals surface area contributed by atoms with Gasteiger partial charge in [-0.25, -0.2) is 14.0 Å². The van der Waals surface area contributed by atoms with Crippen LogP contribution in [0.25, 0.3) is 0 Å². The molecule has 2 aromatic carbocycles. The summed E-state index contributed by atoms with van der Waals surface area (Å²) < 4.78 is 13.1. The molecule has 0 fully saturated rings. The Bertz CT molecular complexity index is 661. The number of hydrogen-bond acceptors (Lipinski definition) is 2. The van der Waals surface area contributed by atoms with Crippen LogP contribution in [0.15, 0.2) is 54.6 Å². The number of rotatable bonds is 5. The van der Waals surface area contributed by atoms with Gasteiger partial charge in [-0.2, -0.15) is 0 Å². The SMILES string of the molecule is O=C(Nc1ccccc1)N[C@H](Cc1cccc(F)c1)C(=O)O. The van der Waals surface area contributed by atoms with Crippen LogP contribution < -0.4 is 10.6 Å². The zero-order valence-electron chi connectivity index (χ0n) is 11.6. The van der Waals surface area contributed by atoms with Crippen LogP contribution in [0.3, 0.4) is 0 Å². The van der Waals surface area contributed by atoms with E-state index in [0.29, 0.717) is 11.3 Å². The number of carboxylic acid groups (broad SMARTS) is 1. The molecule has 1 atom stereocenters. The molecule has 2 amide bonds. The van der Waals surface area contributed by atoms with E-state index in [1.54, 1.807) is 36.4 Å². The van der Waals surface area contributed by atoms with Crippen molar-refractivity contribution >= 4 is 17.7 Å². The van der Waals surface area contributed by atoms with Crippen LogP contribution in [0.2, 0.25) is 0 Å². The molecule has 0 saturated heterocycles. The number of benzene rings is 2. The lowest BCUT2D eigenvalue weighted by Crippen LogP contribution is -2.44. The smallest absolute Gasteiger partial charge is 0.326 e. The molecule has 6 heteroatoms. The zero-order valence-corrected chi connectivity index (χ0v) is 11.6. The van der Waals surface area contributed by atoms with Gasteiger partial charge in [-0.1, -0.05) is 30.3 Å². The molecule has 0 unspecified atom stereocenters. The second-order valence-electron chi connectivity index (χ2n) is 4.69. The molecule has 0 spiro atoms. The molecule has 0 aromatic heterocycles. The molecule has 2 rings (SSSR count). The van der Waals surface area contributed by atoms with Crippen molar-refractivity contribution < 1.29 is 19.1 Å². The number of carbonyl (C=O) groups is 2. The minimum atomic E-state index is -1.19. The van der Waals surface area contributed by atoms with Gasteiger partial charge in [-0.3, -0.25) is 0 Å². The van der Waals surface area contributed by atoms with Gasteiger partial charge in [0, 0.05) is 12.1 Å². The van der Waals surface area contributed by atoms with E-state index in [9.17, 15) is 19.1 Å². The van der Waals surface area contributed by atoms with Gasteiger partial charge < -0.3 is 15.7 Å². The van der Waals surface area contributed by atoms with Crippen molar-refractivity contribution in [1.29, 1.82) is 0 Å². The molecular weight excluding hydrogens is 287 g/mol. The zero-order chi connectivity index (χ0) is 15.9. The van der Waals surface area contributed by atoms with Crippen LogP contribution in [-0.2, 0) is 11.2 Å². The van der Waals surface area contributed by atoms with Crippen molar-refractivity contribution in [3.63, 3.8) is 0 Å². The molecule has 0 bridgehead atoms. The van der Waals surface area contributed by atoms with Gasteiger partial charge in [0.15, 0.2) is 0 Å². The third-order valence-electron chi connectivity index (χ3n) is 2.96. The summed E-state index contributed by atoms with van der Waals surface area (Å²) in [4.78, 5) is 23.1. The molecule has 0 aliphatic carbocycles. The summed E-state index contributed by atoms with van der Waals surface area (Å²) >= 11 is 0. The predicted molar refractivity (Wildman–Crippen MR) is 80.1 cm³/mol. The average Bonchev–Trinajstić information content (AvgIpc) is 2.47. The van der Waals surface area contributed by atoms with Crippen molar-refractivity contribution in [3.05, 3.63) is 66.0 Å². The fourth-order valence-corrected chi connectivity index (χ4v) is 1.95. The van der Waals surface area contributed by atoms with E-state index >= 15 is 0 Å². The number of anilines is 1. The number of aliphatic carboxylic acids is 1. The third-order valence-corrected chi connectivity index (χ3v) is 2.96. The molecule has 0 saturated carbocycles. The first kappa shape index (κ1) is 15.5. The van der Waals surface area contributed by atoms with Gasteiger partial charge in [0.25, 0.3) is 0 Å². The Kier molecular flexibility index (Phi) is 5.08. The molecule has 0 aliphatic heterocycles. The Hall–Kier alpha value is -2.89. The van der Waals surface area contributed by atoms with Crippen LogP contribution in [0.1, 0.15) is 5.56 Å². The highest BCUT2D eigenvalue weighted by Crippen LogP contribution is 2.08. The van der Waals surface area contributed by atoms with E-state index in [0.717, 1.165) is 0 Å². The van der Waals surface area contributed by atoms with Gasteiger partial charge in [-0.15, -0.1) is 0 Å². The highest BCUT2D eigenvalue weighted by atomic mass is 19.1. The van der Waals surface area contributed by atoms with Crippen LogP contribution in [-0.4, -0.2) is 23.1 Å². The third kappa shape index (κ3) is 4.59. The number of urea groups is 1. The van der Waals surface area contributed by atoms with Crippen LogP contribution >= 0.6 is 0 Å². The molecule has 3 N–H and O–H groups in total. The second kappa shape index (κ2) is 7.21. The predicted octanol–water partition coefficient (Wildman–Crippen LogP) is 2.64. The topological polar surface area (TPSA) is 78.4 Å². The highest BCUT2D eigenvalue weighted by molar-refractivity contribution is 5.92. The van der Waals surface area contributed by atoms with Gasteiger partial charge in [-0.05, 0) is 29.8 Å². The van der Waals surface area contributed by atoms with Crippen LogP contribution in [0.4, 0.5) is 14.9 Å². The van der Waals surface area contributed by atoms with Gasteiger partial charge in [0.1, 0.15) is 11.9 Å². The lowest BCUT2D eigenvalue weighted by molar-refractivity contribution is -0.139. The molecule has 0 aliphatic rings. The van der Waals surface area contributed by atoms with Crippen molar-refractivity contribution in [3.8, 4) is 0 Å². The number of halogens is 1. The summed E-state index contributed by atoms with van der Waals surface area (Å²) in [6.07, 6.45) is -0.00466. The quantitative estimate of drug-likeness (QED) is 0.794. The minimum absolute atomic E-state index is 0.00466. The molecule has 0 radical (unpaired) electrons. The summed E-state index contributed by atoms with van der Waals surface area (Å²) in [6.45, 7) is 0. The van der Waals surface area contributed by atoms with Crippen molar-refractivity contribution in [2.75, 3.05) is 5.32 Å². The number of carbonyl (C=O) groups excluding carboxylic acids is 1. The standard InChI is InChI=1S/C16H15FN2O3/c17-12-6-4-5-11(9-12)10-14(15(20)21)19-16(22)18-13-7-2-1-3-8-13/h1-9,14H,10H2,(H,20,21)(H2,18,19,22)/t14-/m1/s1. The maximum absolute atomic E-state index is 13.1. The fraction of sp³-hybridized carbons (Fsp3) is 0.125. The molecule has 114 valence electrons. The fourth-order valence-electron chi connectivity index (χ4n) is 1.95. The largest absolute Gasteiger partial charge is 0.480 e. The average molecular weight is 302 g/mol. The first-order chi connectivity index (χ1) is 10.5. The Morgan fingerprint density at radius 1 is 1.09 bits per heavy atom. The molecule has 2 aromatic rings. The molecule has 0 heterocycles. The second-order valence-corrected chi connectivity index (χ2v) is 4.69. The number of nitrogens with one attached hydrogen (secondary N) is 2. The number of hydrogen-bond donors (Lipinski definition) is 3. The summed E-state index contributed by atoms with van der Waals surface area (Å²) in [5.41, 5.74) is 1.04. The number of para-hydroxylation sites is 1. The number of carboxylic acids is 1. The monoisotopic (exact) mass is 302 g/mol. The first-order valence-electron chi connectivity index (χ1n) is 6.64.